The molecule has 0 bridgehead atoms. The number of amides is 1. The normalized spacial score (nSPS) is 18.9. The first-order chi connectivity index (χ1) is 33.1. The standard InChI is InChI=1S/C50H56ClF2N7O8S/c1-50(2)17-11-33(45(30-50)67-38-6-3-34(51)4-7-38)31-57-21-23-59(24-22-57)37-5-9-40(43(28-37)68-44-27-32-12-18-54-48(32)47(53)46(44)52)49(61)56-69(64,65)39-8-10-41(42(29-39)60(62)63)55-35-13-19-58(20-14-35)36-15-25-66-26-16-36/h3-10,12,18,27-29,35-36,54-55H,11,13-17,19-26,30-31H2,1-2H3,(H,56,61). The molecular weight excluding hydrogens is 932 g/mol. The van der Waals surface area contributed by atoms with Crippen molar-refractivity contribution in [1.82, 2.24) is 19.5 Å². The first-order valence-electron chi connectivity index (χ1n) is 23.4. The summed E-state index contributed by atoms with van der Waals surface area (Å²) < 4.78 is 78.5. The van der Waals surface area contributed by atoms with E-state index in [-0.39, 0.29) is 34.0 Å². The number of nitrogens with zero attached hydrogens (tertiary/aromatic N) is 4. The largest absolute Gasteiger partial charge is 0.462 e. The van der Waals surface area contributed by atoms with E-state index in [4.69, 9.17) is 25.8 Å². The van der Waals surface area contributed by atoms with Gasteiger partial charge in [-0.1, -0.05) is 25.4 Å². The van der Waals surface area contributed by atoms with Gasteiger partial charge in [-0.3, -0.25) is 19.8 Å². The summed E-state index contributed by atoms with van der Waals surface area (Å²) in [5, 5.41) is 16.5. The van der Waals surface area contributed by atoms with Crippen LogP contribution in [0.15, 0.2) is 95.2 Å². The molecule has 1 amide bonds. The van der Waals surface area contributed by atoms with E-state index in [1.165, 1.54) is 48.2 Å². The number of nitrogens with one attached hydrogen (secondary N) is 3. The Labute approximate surface area is 404 Å². The van der Waals surface area contributed by atoms with Gasteiger partial charge in [-0.25, -0.2) is 17.5 Å². The van der Waals surface area contributed by atoms with E-state index in [2.05, 4.69) is 38.8 Å². The summed E-state index contributed by atoms with van der Waals surface area (Å²) in [5.74, 6) is -2.70. The van der Waals surface area contributed by atoms with Gasteiger partial charge in [0.15, 0.2) is 11.6 Å². The Bertz CT molecular complexity index is 2860. The fourth-order valence-corrected chi connectivity index (χ4v) is 10.9. The van der Waals surface area contributed by atoms with Crippen molar-refractivity contribution in [1.29, 1.82) is 0 Å². The molecule has 1 aliphatic carbocycles. The van der Waals surface area contributed by atoms with E-state index >= 15 is 8.78 Å². The monoisotopic (exact) mass is 987 g/mol. The maximum absolute atomic E-state index is 15.6. The number of benzene rings is 4. The van der Waals surface area contributed by atoms with Gasteiger partial charge < -0.3 is 34.3 Å². The summed E-state index contributed by atoms with van der Waals surface area (Å²) in [6.45, 7) is 10.8. The predicted octanol–water partition coefficient (Wildman–Crippen LogP) is 9.64. The first-order valence-corrected chi connectivity index (χ1v) is 25.3. The number of rotatable bonds is 14. The van der Waals surface area contributed by atoms with E-state index < -0.39 is 48.8 Å². The van der Waals surface area contributed by atoms with Crippen molar-refractivity contribution in [3.8, 4) is 17.2 Å². The number of hydrogen-bond acceptors (Lipinski definition) is 12. The number of H-pyrrole nitrogens is 1. The molecule has 3 fully saturated rings. The van der Waals surface area contributed by atoms with Crippen molar-refractivity contribution in [3.63, 3.8) is 0 Å². The third-order valence-electron chi connectivity index (χ3n) is 13.8. The predicted molar refractivity (Wildman–Crippen MR) is 260 cm³/mol. The maximum atomic E-state index is 15.6. The summed E-state index contributed by atoms with van der Waals surface area (Å²) in [4.78, 5) is 34.7. The average molecular weight is 989 g/mol. The van der Waals surface area contributed by atoms with Gasteiger partial charge >= 0.3 is 0 Å². The zero-order valence-electron chi connectivity index (χ0n) is 38.6. The number of allylic oxidation sites excluding steroid dienone is 1. The fraction of sp³-hybridized carbons (Fsp3) is 0.420. The van der Waals surface area contributed by atoms with Gasteiger partial charge in [-0.2, -0.15) is 4.39 Å². The number of likely N-dealkylation sites (tertiary alicyclic amines) is 1. The molecule has 9 rings (SSSR count). The molecule has 0 spiro atoms. The third kappa shape index (κ3) is 11.2. The molecule has 4 aromatic carbocycles. The Balaban J connectivity index is 0.919. The molecule has 5 aromatic rings. The van der Waals surface area contributed by atoms with Gasteiger partial charge in [0.2, 0.25) is 5.82 Å². The molecule has 0 radical (unpaired) electrons. The van der Waals surface area contributed by atoms with Gasteiger partial charge in [0.25, 0.3) is 21.6 Å². The summed E-state index contributed by atoms with van der Waals surface area (Å²) in [7, 11) is -4.71. The van der Waals surface area contributed by atoms with Gasteiger partial charge in [-0.15, -0.1) is 0 Å². The number of nitro groups is 1. The lowest BCUT2D eigenvalue weighted by Gasteiger charge is -2.39. The molecule has 4 heterocycles. The highest BCUT2D eigenvalue weighted by Gasteiger charge is 2.33. The number of anilines is 2. The Hall–Kier alpha value is -5.79. The molecule has 3 N–H and O–H groups in total. The number of halogens is 3. The number of piperidine rings is 1. The van der Waals surface area contributed by atoms with Crippen LogP contribution >= 0.6 is 11.6 Å². The maximum Gasteiger partial charge on any atom is 0.293 e. The Morgan fingerprint density at radius 3 is 2.38 bits per heavy atom. The molecule has 0 atom stereocenters. The van der Waals surface area contributed by atoms with Crippen LogP contribution in [0.1, 0.15) is 69.2 Å². The topological polar surface area (TPSA) is 172 Å². The summed E-state index contributed by atoms with van der Waals surface area (Å²) >= 11 is 6.13. The van der Waals surface area contributed by atoms with E-state index in [9.17, 15) is 23.3 Å². The third-order valence-corrected chi connectivity index (χ3v) is 15.3. The Morgan fingerprint density at radius 2 is 1.65 bits per heavy atom. The molecule has 3 aliphatic heterocycles. The van der Waals surface area contributed by atoms with E-state index in [1.54, 1.807) is 6.07 Å². The number of carbonyl (C=O) groups is 1. The summed E-state index contributed by atoms with van der Waals surface area (Å²) in [6, 6.07) is 18.5. The molecule has 1 aromatic heterocycles. The minimum Gasteiger partial charge on any atom is -0.462 e. The number of hydrogen-bond donors (Lipinski definition) is 3. The number of nitro benzene ring substituents is 1. The SMILES string of the molecule is CC1(C)CCC(CN2CCN(c3ccc(C(=O)NS(=O)(=O)c4ccc(NC5CCN(C6CCOCC6)CC5)c([N+](=O)[O-])c4)c(Oc4cc5cc[nH]c5c(F)c4F)c3)CC2)=C(Oc2ccc(Cl)cc2)C1. The van der Waals surface area contributed by atoms with Crippen LogP contribution in [0.5, 0.6) is 17.2 Å². The minimum atomic E-state index is -4.71. The molecule has 0 saturated carbocycles. The highest BCUT2D eigenvalue weighted by molar-refractivity contribution is 7.90. The van der Waals surface area contributed by atoms with Crippen LogP contribution in [-0.4, -0.2) is 105 Å². The fourth-order valence-electron chi connectivity index (χ4n) is 9.78. The number of fused-ring (bicyclic) bond motifs is 1. The molecular formula is C50H56ClF2N7O8S. The van der Waals surface area contributed by atoms with Crippen LogP contribution < -0.4 is 24.4 Å². The highest BCUT2D eigenvalue weighted by atomic mass is 35.5. The molecule has 4 aliphatic rings. The molecule has 3 saturated heterocycles. The van der Waals surface area contributed by atoms with Gasteiger partial charge in [-0.05, 0) is 110 Å². The van der Waals surface area contributed by atoms with Crippen molar-refractivity contribution >= 4 is 55.5 Å². The van der Waals surface area contributed by atoms with Crippen LogP contribution in [0.25, 0.3) is 10.9 Å². The molecule has 69 heavy (non-hydrogen) atoms. The van der Waals surface area contributed by atoms with Gasteiger partial charge in [0.1, 0.15) is 22.9 Å². The quantitative estimate of drug-likeness (QED) is 0.0712. The van der Waals surface area contributed by atoms with E-state index in [0.717, 1.165) is 95.4 Å². The minimum absolute atomic E-state index is 0.0647. The molecule has 19 heteroatoms. The summed E-state index contributed by atoms with van der Waals surface area (Å²) in [5.41, 5.74) is 1.27. The lowest BCUT2D eigenvalue weighted by Crippen LogP contribution is -2.47. The second-order valence-electron chi connectivity index (χ2n) is 19.1. The van der Waals surface area contributed by atoms with Crippen molar-refractivity contribution in [3.05, 3.63) is 123 Å². The number of aromatic nitrogens is 1. The lowest BCUT2D eigenvalue weighted by molar-refractivity contribution is -0.384. The number of sulfonamides is 1. The molecule has 0 unspecified atom stereocenters. The van der Waals surface area contributed by atoms with Gasteiger partial charge in [0, 0.05) is 112 Å². The smallest absolute Gasteiger partial charge is 0.293 e. The van der Waals surface area contributed by atoms with Gasteiger partial charge in [0.05, 0.1) is 20.9 Å². The summed E-state index contributed by atoms with van der Waals surface area (Å²) in [6.07, 6.45) is 7.63. The second-order valence-corrected chi connectivity index (χ2v) is 21.2. The molecule has 366 valence electrons. The van der Waals surface area contributed by atoms with Crippen molar-refractivity contribution in [2.75, 3.05) is 69.2 Å². The van der Waals surface area contributed by atoms with Crippen molar-refractivity contribution in [2.45, 2.75) is 75.8 Å². The Kier molecular flexibility index (Phi) is 14.2. The zero-order chi connectivity index (χ0) is 48.5. The zero-order valence-corrected chi connectivity index (χ0v) is 40.1. The number of carbonyl (C=O) groups excluding carboxylic acids is 1. The lowest BCUT2D eigenvalue weighted by atomic mass is 9.77. The Morgan fingerprint density at radius 1 is 0.913 bits per heavy atom. The van der Waals surface area contributed by atoms with Crippen LogP contribution in [0.2, 0.25) is 5.02 Å². The van der Waals surface area contributed by atoms with Crippen molar-refractivity contribution < 1.29 is 41.1 Å². The van der Waals surface area contributed by atoms with Crippen LogP contribution in [0, 0.1) is 27.2 Å². The number of aromatic amines is 1. The van der Waals surface area contributed by atoms with E-state index in [1.807, 2.05) is 29.0 Å². The highest BCUT2D eigenvalue weighted by Crippen LogP contribution is 2.41. The second kappa shape index (κ2) is 20.3. The van der Waals surface area contributed by atoms with Crippen LogP contribution in [0.4, 0.5) is 25.8 Å². The van der Waals surface area contributed by atoms with Crippen LogP contribution in [0.3, 0.4) is 0 Å². The van der Waals surface area contributed by atoms with Crippen LogP contribution in [-0.2, 0) is 14.8 Å². The number of piperazine rings is 1. The van der Waals surface area contributed by atoms with Crippen molar-refractivity contribution in [2.24, 2.45) is 5.41 Å². The van der Waals surface area contributed by atoms with E-state index in [0.29, 0.717) is 48.3 Å². The first kappa shape index (κ1) is 48.2. The number of ether oxygens (including phenoxy) is 3. The molecule has 15 nitrogen and oxygen atoms in total. The average Bonchev–Trinajstić information content (AvgIpc) is 3.81.